The molecule has 0 saturated carbocycles. The monoisotopic (exact) mass is 362 g/mol. The molecule has 26 heavy (non-hydrogen) atoms. The molecule has 5 nitrogen and oxygen atoms in total. The van der Waals surface area contributed by atoms with E-state index in [1.165, 1.54) is 11.3 Å². The molecule has 6 heteroatoms. The summed E-state index contributed by atoms with van der Waals surface area (Å²) in [4.78, 5) is 4.90. The highest BCUT2D eigenvalue weighted by Gasteiger charge is 2.15. The number of nitrogens with zero attached hydrogens (tertiary/aromatic N) is 5. The van der Waals surface area contributed by atoms with E-state index >= 15 is 0 Å². The molecular weight excluding hydrogens is 342 g/mol. The molecule has 0 unspecified atom stereocenters. The smallest absolute Gasteiger partial charge is 0.261 e. The Morgan fingerprint density at radius 1 is 1.04 bits per heavy atom. The highest BCUT2D eigenvalue weighted by Crippen LogP contribution is 2.24. The molecule has 0 atom stereocenters. The molecular formula is C20H20N5S+. The van der Waals surface area contributed by atoms with E-state index in [2.05, 4.69) is 68.3 Å². The quantitative estimate of drug-likeness (QED) is 0.259. The normalized spacial score (nSPS) is 10.7. The summed E-state index contributed by atoms with van der Waals surface area (Å²) >= 11 is 1.70. The van der Waals surface area contributed by atoms with Crippen LogP contribution in [0.2, 0.25) is 0 Å². The third-order valence-corrected chi connectivity index (χ3v) is 5.13. The van der Waals surface area contributed by atoms with Crippen molar-refractivity contribution >= 4 is 34.9 Å². The third-order valence-electron chi connectivity index (χ3n) is 4.13. The molecule has 130 valence electrons. The second kappa shape index (κ2) is 7.87. The van der Waals surface area contributed by atoms with Gasteiger partial charge in [-0.3, -0.25) is 0 Å². The zero-order valence-corrected chi connectivity index (χ0v) is 15.8. The minimum atomic E-state index is 0.621. The molecule has 1 aromatic heterocycles. The minimum Gasteiger partial charge on any atom is -0.378 e. The van der Waals surface area contributed by atoms with Crippen molar-refractivity contribution in [3.63, 3.8) is 0 Å². The van der Waals surface area contributed by atoms with Gasteiger partial charge in [0.2, 0.25) is 5.69 Å². The lowest BCUT2D eigenvalue weighted by Crippen LogP contribution is -2.30. The molecule has 0 aliphatic carbocycles. The highest BCUT2D eigenvalue weighted by molar-refractivity contribution is 7.10. The number of aromatic nitrogens is 1. The number of thiazole rings is 1. The van der Waals surface area contributed by atoms with Gasteiger partial charge in [0, 0.05) is 42.0 Å². The van der Waals surface area contributed by atoms with E-state index in [0.29, 0.717) is 5.69 Å². The predicted molar refractivity (Wildman–Crippen MR) is 109 cm³/mol. The fourth-order valence-corrected chi connectivity index (χ4v) is 3.54. The first-order chi connectivity index (χ1) is 12.6. The second-order valence-electron chi connectivity index (χ2n) is 6.07. The van der Waals surface area contributed by atoms with Crippen LogP contribution >= 0.6 is 11.3 Å². The molecule has 1 heterocycles. The van der Waals surface area contributed by atoms with E-state index in [9.17, 15) is 0 Å². The maximum absolute atomic E-state index is 8.49. The van der Waals surface area contributed by atoms with E-state index in [0.717, 1.165) is 16.3 Å². The summed E-state index contributed by atoms with van der Waals surface area (Å²) in [6.07, 6.45) is 4.26. The maximum Gasteiger partial charge on any atom is 0.261 e. The van der Waals surface area contributed by atoms with Gasteiger partial charge in [0.25, 0.3) is 5.01 Å². The molecule has 0 aliphatic heterocycles. The van der Waals surface area contributed by atoms with Crippen molar-refractivity contribution in [2.24, 2.45) is 12.2 Å². The fraction of sp³-hybridized carbons (Fsp3) is 0.150. The molecule has 0 radical (unpaired) electrons. The van der Waals surface area contributed by atoms with E-state index in [4.69, 9.17) is 5.53 Å². The van der Waals surface area contributed by atoms with Crippen molar-refractivity contribution in [3.05, 3.63) is 74.9 Å². The summed E-state index contributed by atoms with van der Waals surface area (Å²) in [5.41, 5.74) is 13.7. The lowest BCUT2D eigenvalue weighted by Gasteiger charge is -2.11. The van der Waals surface area contributed by atoms with Gasteiger partial charge in [-0.2, -0.15) is 4.57 Å². The Labute approximate surface area is 157 Å². The van der Waals surface area contributed by atoms with Gasteiger partial charge in [0.1, 0.15) is 7.05 Å². The first kappa shape index (κ1) is 17.7. The van der Waals surface area contributed by atoms with Crippen LogP contribution in [0.3, 0.4) is 0 Å². The van der Waals surface area contributed by atoms with Gasteiger partial charge in [0.05, 0.1) is 5.38 Å². The van der Waals surface area contributed by atoms with Gasteiger partial charge in [-0.25, -0.2) is 0 Å². The highest BCUT2D eigenvalue weighted by atomic mass is 32.1. The Morgan fingerprint density at radius 3 is 2.35 bits per heavy atom. The fourth-order valence-electron chi connectivity index (χ4n) is 2.61. The molecule has 0 amide bonds. The Morgan fingerprint density at radius 2 is 1.73 bits per heavy atom. The molecule has 0 spiro atoms. The van der Waals surface area contributed by atoms with Crippen molar-refractivity contribution in [1.82, 2.24) is 0 Å². The van der Waals surface area contributed by atoms with Crippen molar-refractivity contribution in [3.8, 4) is 11.3 Å². The Balaban J connectivity index is 1.81. The molecule has 3 aromatic rings. The van der Waals surface area contributed by atoms with Gasteiger partial charge in [-0.05, 0) is 41.4 Å². The number of azide groups is 1. The molecule has 0 saturated heterocycles. The van der Waals surface area contributed by atoms with Gasteiger partial charge in [-0.1, -0.05) is 40.7 Å². The van der Waals surface area contributed by atoms with Crippen LogP contribution in [0.4, 0.5) is 11.4 Å². The van der Waals surface area contributed by atoms with Crippen LogP contribution in [0.1, 0.15) is 10.6 Å². The van der Waals surface area contributed by atoms with Crippen LogP contribution in [0.25, 0.3) is 33.9 Å². The largest absolute Gasteiger partial charge is 0.378 e. The van der Waals surface area contributed by atoms with Crippen LogP contribution in [0, 0.1) is 0 Å². The third kappa shape index (κ3) is 3.94. The number of anilines is 1. The van der Waals surface area contributed by atoms with Gasteiger partial charge in [-0.15, -0.1) is 0 Å². The predicted octanol–water partition coefficient (Wildman–Crippen LogP) is 5.42. The summed E-state index contributed by atoms with van der Waals surface area (Å²) in [5, 5.41) is 6.91. The average Bonchev–Trinajstić information content (AvgIpc) is 3.02. The van der Waals surface area contributed by atoms with Gasteiger partial charge < -0.3 is 4.90 Å². The van der Waals surface area contributed by atoms with Crippen LogP contribution < -0.4 is 9.47 Å². The first-order valence-electron chi connectivity index (χ1n) is 8.17. The zero-order valence-electron chi connectivity index (χ0n) is 15.0. The molecule has 2 aromatic carbocycles. The second-order valence-corrected chi connectivity index (χ2v) is 6.96. The summed E-state index contributed by atoms with van der Waals surface area (Å²) in [6, 6.07) is 16.1. The SMILES string of the molecule is CN(C)c1ccc(/C=C/c2scc(-c3ccc(N=[N+]=[N-])cc3)[n+]2C)cc1. The first-order valence-corrected chi connectivity index (χ1v) is 9.05. The molecule has 0 N–H and O–H groups in total. The van der Waals surface area contributed by atoms with Gasteiger partial charge in [0.15, 0.2) is 0 Å². The zero-order chi connectivity index (χ0) is 18.5. The Bertz CT molecular complexity index is 962. The van der Waals surface area contributed by atoms with E-state index in [-0.39, 0.29) is 0 Å². The maximum atomic E-state index is 8.49. The molecule has 3 rings (SSSR count). The average molecular weight is 362 g/mol. The summed E-state index contributed by atoms with van der Waals surface area (Å²) in [6.45, 7) is 0. The van der Waals surface area contributed by atoms with Crippen LogP contribution in [-0.2, 0) is 7.05 Å². The van der Waals surface area contributed by atoms with Crippen molar-refractivity contribution in [1.29, 1.82) is 0 Å². The Hall–Kier alpha value is -3.08. The molecule has 0 bridgehead atoms. The van der Waals surface area contributed by atoms with E-state index < -0.39 is 0 Å². The summed E-state index contributed by atoms with van der Waals surface area (Å²) in [7, 11) is 6.14. The van der Waals surface area contributed by atoms with Crippen molar-refractivity contribution in [2.75, 3.05) is 19.0 Å². The Kier molecular flexibility index (Phi) is 5.37. The van der Waals surface area contributed by atoms with E-state index in [1.807, 2.05) is 38.4 Å². The lowest BCUT2D eigenvalue weighted by molar-refractivity contribution is -0.657. The van der Waals surface area contributed by atoms with Crippen molar-refractivity contribution in [2.45, 2.75) is 0 Å². The summed E-state index contributed by atoms with van der Waals surface area (Å²) < 4.78 is 2.16. The van der Waals surface area contributed by atoms with Crippen LogP contribution in [0.5, 0.6) is 0 Å². The molecule has 0 fully saturated rings. The standard InChI is InChI=1S/C20H20N5S/c1-24(2)18-11-4-15(5-12-18)6-13-20-25(3)19(14-26-20)16-7-9-17(10-8-16)22-23-21/h4-14H,1-3H3/q+1. The lowest BCUT2D eigenvalue weighted by atomic mass is 10.1. The number of hydrogen-bond acceptors (Lipinski definition) is 3. The number of rotatable bonds is 5. The van der Waals surface area contributed by atoms with Gasteiger partial charge >= 0.3 is 0 Å². The topological polar surface area (TPSA) is 55.9 Å². The van der Waals surface area contributed by atoms with Crippen LogP contribution in [0.15, 0.2) is 59.0 Å². The minimum absolute atomic E-state index is 0.621. The summed E-state index contributed by atoms with van der Waals surface area (Å²) in [5.74, 6) is 0. The number of benzene rings is 2. The van der Waals surface area contributed by atoms with E-state index in [1.54, 1.807) is 11.3 Å². The number of hydrogen-bond donors (Lipinski definition) is 0. The molecule has 0 aliphatic rings. The van der Waals surface area contributed by atoms with Crippen molar-refractivity contribution < 1.29 is 4.57 Å². The van der Waals surface area contributed by atoms with Crippen LogP contribution in [-0.4, -0.2) is 14.1 Å².